The van der Waals surface area contributed by atoms with Crippen LogP contribution in [-0.2, 0) is 7.29 Å². The topological polar surface area (TPSA) is 85.9 Å². The molecule has 27 heteroatoms. The third-order valence-corrected chi connectivity index (χ3v) is 14.9. The summed E-state index contributed by atoms with van der Waals surface area (Å²) in [5.41, 5.74) is 0. The van der Waals surface area contributed by atoms with E-state index < -0.39 is 110 Å². The van der Waals surface area contributed by atoms with Gasteiger partial charge in [0.2, 0.25) is 0 Å². The first kappa shape index (κ1) is 41.4. The van der Waals surface area contributed by atoms with Gasteiger partial charge in [0, 0.05) is 0 Å². The van der Waals surface area contributed by atoms with E-state index in [9.17, 15) is 101 Å². The van der Waals surface area contributed by atoms with Crippen molar-refractivity contribution in [2.45, 2.75) is 58.7 Å². The Bertz CT molecular complexity index is 1300. The SMILES string of the molecule is CCC(F)(F)C(F)(F)C(F)(F)C(F)(F)C(F)(F)C(F)(F)C(F)(F)C(F)(F)I(c1c(F)c(F)c(F)c(F)c1F)S(=O)(=O)O.O. The molecule has 4 nitrogen and oxygen atoms in total. The number of rotatable bonds is 11. The molecular formula is C16H8F21IO4S. The van der Waals surface area contributed by atoms with Crippen LogP contribution in [0, 0.1) is 32.7 Å². The largest absolute Gasteiger partial charge is 0.412 e. The molecule has 0 saturated carbocycles. The fraction of sp³-hybridized carbons (Fsp3) is 0.625. The first-order chi connectivity index (χ1) is 18.1. The Hall–Kier alpha value is -1.65. The predicted molar refractivity (Wildman–Crippen MR) is 104 cm³/mol. The molecule has 0 amide bonds. The van der Waals surface area contributed by atoms with Crippen LogP contribution >= 0.6 is 18.4 Å². The van der Waals surface area contributed by atoms with Gasteiger partial charge in [-0.2, -0.15) is 0 Å². The van der Waals surface area contributed by atoms with Gasteiger partial charge in [-0.1, -0.05) is 0 Å². The van der Waals surface area contributed by atoms with Crippen LogP contribution in [0.4, 0.5) is 92.2 Å². The summed E-state index contributed by atoms with van der Waals surface area (Å²) in [6, 6.07) is 0. The molecule has 43 heavy (non-hydrogen) atoms. The molecule has 0 aliphatic rings. The van der Waals surface area contributed by atoms with E-state index in [0.29, 0.717) is 0 Å². The van der Waals surface area contributed by atoms with Crippen molar-refractivity contribution in [1.82, 2.24) is 0 Å². The van der Waals surface area contributed by atoms with Gasteiger partial charge in [-0.05, 0) is 0 Å². The zero-order chi connectivity index (χ0) is 34.2. The second-order valence-corrected chi connectivity index (χ2v) is 17.6. The summed E-state index contributed by atoms with van der Waals surface area (Å²) in [4.78, 5) is 0. The van der Waals surface area contributed by atoms with Crippen LogP contribution in [0.25, 0.3) is 0 Å². The van der Waals surface area contributed by atoms with Crippen LogP contribution in [0.15, 0.2) is 0 Å². The molecule has 0 saturated heterocycles. The van der Waals surface area contributed by atoms with Crippen molar-refractivity contribution in [3.05, 3.63) is 32.7 Å². The second-order valence-electron chi connectivity index (χ2n) is 7.55. The van der Waals surface area contributed by atoms with Gasteiger partial charge < -0.3 is 5.48 Å². The second kappa shape index (κ2) is 11.3. The molecule has 0 heterocycles. The maximum atomic E-state index is 14.6. The van der Waals surface area contributed by atoms with E-state index in [-0.39, 0.29) is 12.4 Å². The normalized spacial score (nSPS) is 15.4. The van der Waals surface area contributed by atoms with Crippen molar-refractivity contribution in [2.75, 3.05) is 0 Å². The Balaban J connectivity index is 0.0000176. The molecule has 0 radical (unpaired) electrons. The van der Waals surface area contributed by atoms with Gasteiger partial charge in [0.05, 0.1) is 0 Å². The summed E-state index contributed by atoms with van der Waals surface area (Å²) in [5, 5.41) is 0. The first-order valence-electron chi connectivity index (χ1n) is 9.33. The quantitative estimate of drug-likeness (QED) is 0.0478. The molecule has 0 spiro atoms. The number of benzene rings is 1. The first-order valence-corrected chi connectivity index (χ1v) is 15.5. The van der Waals surface area contributed by atoms with Gasteiger partial charge in [0.1, 0.15) is 0 Å². The molecule has 0 aromatic heterocycles. The third-order valence-electron chi connectivity index (χ3n) is 4.97. The molecule has 0 fully saturated rings. The minimum Gasteiger partial charge on any atom is -0.412 e. The van der Waals surface area contributed by atoms with Crippen LogP contribution in [0.1, 0.15) is 13.3 Å². The van der Waals surface area contributed by atoms with Crippen molar-refractivity contribution in [2.24, 2.45) is 0 Å². The Morgan fingerprint density at radius 1 is 0.535 bits per heavy atom. The van der Waals surface area contributed by atoms with Gasteiger partial charge in [0.25, 0.3) is 0 Å². The van der Waals surface area contributed by atoms with E-state index in [0.717, 1.165) is 0 Å². The van der Waals surface area contributed by atoms with Crippen molar-refractivity contribution >= 4 is 25.7 Å². The molecule has 0 aliphatic carbocycles. The average Bonchev–Trinajstić information content (AvgIpc) is 2.82. The standard InChI is InChI=1S/C16H6F21IO3S.H2O/c1-2-9(22,23)10(24,25)11(26,27)12(28,29)13(30,31)14(32,33)15(34,35)16(36,37)38(42(39,40)41)8-6(20)4(18)3(17)5(19)7(8)21;/h2H2,1H3,(H,39,40,41);1H2. The smallest absolute Gasteiger partial charge is 0.412 e. The maximum Gasteiger partial charge on any atom is -0.412 e. The van der Waals surface area contributed by atoms with Crippen molar-refractivity contribution in [3.63, 3.8) is 0 Å². The van der Waals surface area contributed by atoms with E-state index in [1.165, 1.54) is 0 Å². The van der Waals surface area contributed by atoms with E-state index in [1.807, 2.05) is 0 Å². The zero-order valence-corrected chi connectivity index (χ0v) is 22.2. The van der Waals surface area contributed by atoms with E-state index in [4.69, 9.17) is 4.55 Å². The summed E-state index contributed by atoms with van der Waals surface area (Å²) in [6.45, 7) is -0.205. The summed E-state index contributed by atoms with van der Waals surface area (Å²) < 4.78 is 309. The third kappa shape index (κ3) is 5.45. The summed E-state index contributed by atoms with van der Waals surface area (Å²) in [7, 11) is -7.61. The van der Waals surface area contributed by atoms with Crippen LogP contribution in [0.2, 0.25) is 0 Å². The summed E-state index contributed by atoms with van der Waals surface area (Å²) in [6.07, 6.45) is -2.66. The van der Waals surface area contributed by atoms with E-state index in [1.54, 1.807) is 0 Å². The fourth-order valence-electron chi connectivity index (χ4n) is 2.59. The summed E-state index contributed by atoms with van der Waals surface area (Å²) >= 11 is -8.33. The molecule has 0 atom stereocenters. The molecule has 1 aromatic carbocycles. The molecule has 1 aromatic rings. The Morgan fingerprint density at radius 2 is 0.791 bits per heavy atom. The minimum atomic E-state index is -9.08. The minimum absolute atomic E-state index is 0. The number of halogens is 22. The Labute approximate surface area is 228 Å². The number of hydrogen-bond acceptors (Lipinski definition) is 2. The van der Waals surface area contributed by atoms with Gasteiger partial charge in [0.15, 0.2) is 0 Å². The van der Waals surface area contributed by atoms with Crippen LogP contribution < -0.4 is 0 Å². The molecule has 1 rings (SSSR count). The van der Waals surface area contributed by atoms with Crippen molar-refractivity contribution in [3.8, 4) is 0 Å². The van der Waals surface area contributed by atoms with Gasteiger partial charge in [-0.25, -0.2) is 0 Å². The Morgan fingerprint density at radius 3 is 1.07 bits per heavy atom. The molecule has 0 bridgehead atoms. The Kier molecular flexibility index (Phi) is 10.9. The van der Waals surface area contributed by atoms with Crippen molar-refractivity contribution < 1.29 is 111 Å². The molecule has 0 unspecified atom stereocenters. The monoisotopic (exact) mass is 822 g/mol. The van der Waals surface area contributed by atoms with Crippen LogP contribution in [0.3, 0.4) is 0 Å². The molecular weight excluding hydrogens is 814 g/mol. The molecule has 0 aliphatic heterocycles. The molecule has 256 valence electrons. The maximum absolute atomic E-state index is 14.6. The van der Waals surface area contributed by atoms with E-state index in [2.05, 4.69) is 0 Å². The van der Waals surface area contributed by atoms with E-state index >= 15 is 0 Å². The van der Waals surface area contributed by atoms with Gasteiger partial charge in [-0.15, -0.1) is 0 Å². The van der Waals surface area contributed by atoms with Gasteiger partial charge in [-0.3, -0.25) is 0 Å². The van der Waals surface area contributed by atoms with Crippen molar-refractivity contribution in [1.29, 1.82) is 0 Å². The summed E-state index contributed by atoms with van der Waals surface area (Å²) in [5.74, 6) is -77.0. The predicted octanol–water partition coefficient (Wildman–Crippen LogP) is 7.49. The number of hydrogen-bond donors (Lipinski definition) is 1. The average molecular weight is 822 g/mol. The zero-order valence-electron chi connectivity index (χ0n) is 19.2. The van der Waals surface area contributed by atoms with Crippen LogP contribution in [-0.4, -0.2) is 63.8 Å². The van der Waals surface area contributed by atoms with Crippen LogP contribution in [0.5, 0.6) is 0 Å². The van der Waals surface area contributed by atoms with Gasteiger partial charge >= 0.3 is 222 Å². The number of alkyl halides is 17. The fourth-order valence-corrected chi connectivity index (χ4v) is 11.3. The molecule has 3 N–H and O–H groups in total.